The molecule has 0 aromatic heterocycles. The number of ketones is 2. The van der Waals surface area contributed by atoms with Gasteiger partial charge in [-0.1, -0.05) is 6.92 Å². The fourth-order valence-corrected chi connectivity index (χ4v) is 3.19. The lowest BCUT2D eigenvalue weighted by molar-refractivity contribution is -0.137. The average molecular weight is 223 g/mol. The molecule has 0 spiro atoms. The second kappa shape index (κ2) is 4.66. The topological polar surface area (TPSA) is 37.4 Å². The molecule has 0 aromatic carbocycles. The van der Waals surface area contributed by atoms with Gasteiger partial charge in [-0.25, -0.2) is 0 Å². The number of fused-ring (bicyclic) bond motifs is 1. The second-order valence-corrected chi connectivity index (χ2v) is 5.35. The van der Waals surface area contributed by atoms with E-state index in [9.17, 15) is 9.59 Å². The highest BCUT2D eigenvalue weighted by Gasteiger charge is 2.40. The summed E-state index contributed by atoms with van der Waals surface area (Å²) in [5.41, 5.74) is 0. The van der Waals surface area contributed by atoms with E-state index in [4.69, 9.17) is 0 Å². The fourth-order valence-electron chi connectivity index (χ4n) is 3.19. The van der Waals surface area contributed by atoms with Gasteiger partial charge in [-0.05, 0) is 38.3 Å². The third-order valence-electron chi connectivity index (χ3n) is 4.22. The Morgan fingerprint density at radius 2 is 2.19 bits per heavy atom. The Bertz CT molecular complexity index is 300. The summed E-state index contributed by atoms with van der Waals surface area (Å²) in [6, 6.07) is 0. The van der Waals surface area contributed by atoms with Gasteiger partial charge in [0.25, 0.3) is 0 Å². The highest BCUT2D eigenvalue weighted by molar-refractivity contribution is 6.02. The maximum Gasteiger partial charge on any atom is 0.143 e. The van der Waals surface area contributed by atoms with Crippen LogP contribution in [0.1, 0.15) is 32.6 Å². The van der Waals surface area contributed by atoms with Crippen LogP contribution < -0.4 is 0 Å². The van der Waals surface area contributed by atoms with E-state index in [2.05, 4.69) is 11.9 Å². The van der Waals surface area contributed by atoms with Gasteiger partial charge in [0.1, 0.15) is 11.6 Å². The zero-order valence-corrected chi connectivity index (χ0v) is 10.2. The van der Waals surface area contributed by atoms with Crippen LogP contribution in [0.4, 0.5) is 0 Å². The van der Waals surface area contributed by atoms with Crippen molar-refractivity contribution in [3.05, 3.63) is 0 Å². The lowest BCUT2D eigenvalue weighted by Gasteiger charge is -2.41. The molecule has 0 radical (unpaired) electrons. The maximum absolute atomic E-state index is 11.9. The molecule has 3 heteroatoms. The first-order chi connectivity index (χ1) is 7.61. The Morgan fingerprint density at radius 3 is 2.88 bits per heavy atom. The summed E-state index contributed by atoms with van der Waals surface area (Å²) >= 11 is 0. The van der Waals surface area contributed by atoms with Crippen LogP contribution in [-0.2, 0) is 9.59 Å². The highest BCUT2D eigenvalue weighted by Crippen LogP contribution is 2.37. The van der Waals surface area contributed by atoms with Crippen molar-refractivity contribution in [1.82, 2.24) is 4.90 Å². The zero-order valence-electron chi connectivity index (χ0n) is 10.2. The SMILES string of the molecule is CCC(=O)C1CC2CN(C)CCC2CC1=O. The predicted octanol–water partition coefficient (Wildman–Crippen LogP) is 1.51. The van der Waals surface area contributed by atoms with Crippen LogP contribution in [0.15, 0.2) is 0 Å². The van der Waals surface area contributed by atoms with E-state index < -0.39 is 0 Å². The lowest BCUT2D eigenvalue weighted by Crippen LogP contribution is -2.45. The number of rotatable bonds is 2. The van der Waals surface area contributed by atoms with Gasteiger partial charge in [-0.2, -0.15) is 0 Å². The summed E-state index contributed by atoms with van der Waals surface area (Å²) in [6.07, 6.45) is 3.08. The van der Waals surface area contributed by atoms with Crippen molar-refractivity contribution in [2.75, 3.05) is 20.1 Å². The Morgan fingerprint density at radius 1 is 1.44 bits per heavy atom. The van der Waals surface area contributed by atoms with Crippen molar-refractivity contribution in [3.8, 4) is 0 Å². The van der Waals surface area contributed by atoms with E-state index in [0.29, 0.717) is 24.7 Å². The number of piperidine rings is 1. The summed E-state index contributed by atoms with van der Waals surface area (Å²) in [4.78, 5) is 25.9. The third-order valence-corrected chi connectivity index (χ3v) is 4.22. The summed E-state index contributed by atoms with van der Waals surface area (Å²) < 4.78 is 0. The van der Waals surface area contributed by atoms with Gasteiger partial charge in [0.05, 0.1) is 5.92 Å². The molecule has 0 bridgehead atoms. The molecule has 3 nitrogen and oxygen atoms in total. The quantitative estimate of drug-likeness (QED) is 0.666. The van der Waals surface area contributed by atoms with Crippen molar-refractivity contribution < 1.29 is 9.59 Å². The number of Topliss-reactive ketones (excluding diaryl/α,β-unsaturated/α-hetero) is 2. The van der Waals surface area contributed by atoms with Gasteiger partial charge in [0.15, 0.2) is 0 Å². The lowest BCUT2D eigenvalue weighted by atomic mass is 9.69. The second-order valence-electron chi connectivity index (χ2n) is 5.35. The number of likely N-dealkylation sites (tertiary alicyclic amines) is 1. The van der Waals surface area contributed by atoms with Crippen molar-refractivity contribution >= 4 is 11.6 Å². The molecule has 3 unspecified atom stereocenters. The van der Waals surface area contributed by atoms with E-state index in [1.165, 1.54) is 0 Å². The molecule has 90 valence electrons. The molecule has 2 fully saturated rings. The van der Waals surface area contributed by atoms with Crippen LogP contribution in [0.2, 0.25) is 0 Å². The van der Waals surface area contributed by atoms with Crippen LogP contribution in [0, 0.1) is 17.8 Å². The van der Waals surface area contributed by atoms with Crippen molar-refractivity contribution in [1.29, 1.82) is 0 Å². The minimum atomic E-state index is -0.280. The maximum atomic E-state index is 11.9. The standard InChI is InChI=1S/C13H21NO2/c1-3-12(15)11-6-10-8-14(2)5-4-9(10)7-13(11)16/h9-11H,3-8H2,1-2H3. The first kappa shape index (κ1) is 11.8. The number of carbonyl (C=O) groups excluding carboxylic acids is 2. The largest absolute Gasteiger partial charge is 0.306 e. The van der Waals surface area contributed by atoms with Crippen LogP contribution in [0.5, 0.6) is 0 Å². The normalized spacial score (nSPS) is 35.9. The fraction of sp³-hybridized carbons (Fsp3) is 0.846. The Hall–Kier alpha value is -0.700. The number of nitrogens with zero attached hydrogens (tertiary/aromatic N) is 1. The first-order valence-corrected chi connectivity index (χ1v) is 6.35. The Labute approximate surface area is 97.2 Å². The molecule has 0 aromatic rings. The number of hydrogen-bond acceptors (Lipinski definition) is 3. The van der Waals surface area contributed by atoms with Crippen molar-refractivity contribution in [2.24, 2.45) is 17.8 Å². The molecule has 0 N–H and O–H groups in total. The minimum absolute atomic E-state index is 0.150. The van der Waals surface area contributed by atoms with Gasteiger partial charge < -0.3 is 4.90 Å². The predicted molar refractivity (Wildman–Crippen MR) is 62.1 cm³/mol. The summed E-state index contributed by atoms with van der Waals surface area (Å²) in [7, 11) is 2.13. The van der Waals surface area contributed by atoms with Crippen LogP contribution in [0.25, 0.3) is 0 Å². The summed E-state index contributed by atoms with van der Waals surface area (Å²) in [5, 5.41) is 0. The monoisotopic (exact) mass is 223 g/mol. The van der Waals surface area contributed by atoms with Crippen LogP contribution in [0.3, 0.4) is 0 Å². The van der Waals surface area contributed by atoms with E-state index in [0.717, 1.165) is 25.9 Å². The van der Waals surface area contributed by atoms with Gasteiger partial charge in [-0.3, -0.25) is 9.59 Å². The van der Waals surface area contributed by atoms with Gasteiger partial charge in [-0.15, -0.1) is 0 Å². The summed E-state index contributed by atoms with van der Waals surface area (Å²) in [6.45, 7) is 4.01. The molecule has 1 aliphatic carbocycles. The van der Waals surface area contributed by atoms with Gasteiger partial charge >= 0.3 is 0 Å². The molecule has 1 aliphatic heterocycles. The molecule has 0 amide bonds. The molecule has 1 saturated heterocycles. The van der Waals surface area contributed by atoms with Crippen LogP contribution >= 0.6 is 0 Å². The molecular formula is C13H21NO2. The molecule has 2 rings (SSSR count). The van der Waals surface area contributed by atoms with Crippen molar-refractivity contribution in [2.45, 2.75) is 32.6 Å². The zero-order chi connectivity index (χ0) is 11.7. The van der Waals surface area contributed by atoms with E-state index in [1.54, 1.807) is 0 Å². The average Bonchev–Trinajstić information content (AvgIpc) is 2.28. The van der Waals surface area contributed by atoms with Gasteiger partial charge in [0, 0.05) is 19.4 Å². The third kappa shape index (κ3) is 2.19. The Kier molecular flexibility index (Phi) is 3.43. The summed E-state index contributed by atoms with van der Waals surface area (Å²) in [5.74, 6) is 1.19. The molecule has 3 atom stereocenters. The smallest absolute Gasteiger partial charge is 0.143 e. The highest BCUT2D eigenvalue weighted by atomic mass is 16.1. The van der Waals surface area contributed by atoms with E-state index in [-0.39, 0.29) is 17.5 Å². The van der Waals surface area contributed by atoms with E-state index >= 15 is 0 Å². The van der Waals surface area contributed by atoms with Crippen LogP contribution in [-0.4, -0.2) is 36.6 Å². The first-order valence-electron chi connectivity index (χ1n) is 6.35. The van der Waals surface area contributed by atoms with Gasteiger partial charge in [0.2, 0.25) is 0 Å². The Balaban J connectivity index is 2.05. The number of carbonyl (C=O) groups is 2. The van der Waals surface area contributed by atoms with E-state index in [1.807, 2.05) is 6.92 Å². The molecule has 1 saturated carbocycles. The minimum Gasteiger partial charge on any atom is -0.306 e. The van der Waals surface area contributed by atoms with Crippen molar-refractivity contribution in [3.63, 3.8) is 0 Å². The number of hydrogen-bond donors (Lipinski definition) is 0. The molecular weight excluding hydrogens is 202 g/mol. The molecule has 2 aliphatic rings. The molecule has 16 heavy (non-hydrogen) atoms. The molecule has 1 heterocycles.